The second-order valence-electron chi connectivity index (χ2n) is 3.23. The molecule has 1 aromatic carbocycles. The van der Waals surface area contributed by atoms with Crippen LogP contribution in [0.4, 0.5) is 0 Å². The van der Waals surface area contributed by atoms with Crippen molar-refractivity contribution in [3.63, 3.8) is 0 Å². The lowest BCUT2D eigenvalue weighted by atomic mass is 10.2. The van der Waals surface area contributed by atoms with Gasteiger partial charge in [0.15, 0.2) is 0 Å². The molecule has 0 bridgehead atoms. The first-order valence-electron chi connectivity index (χ1n) is 4.48. The molecule has 2 nitrogen and oxygen atoms in total. The molecule has 2 aromatic rings. The Morgan fingerprint density at radius 2 is 2.00 bits per heavy atom. The van der Waals surface area contributed by atoms with Crippen molar-refractivity contribution in [3.8, 4) is 0 Å². The fourth-order valence-corrected chi connectivity index (χ4v) is 1.51. The first-order chi connectivity index (χ1) is 6.77. The Kier molecular flexibility index (Phi) is 2.55. The van der Waals surface area contributed by atoms with Crippen LogP contribution in [0, 0.1) is 6.92 Å². The van der Waals surface area contributed by atoms with Crippen LogP contribution in [0.25, 0.3) is 0 Å². The minimum absolute atomic E-state index is 0.584. The highest BCUT2D eigenvalue weighted by Crippen LogP contribution is 2.13. The van der Waals surface area contributed by atoms with E-state index >= 15 is 0 Å². The Balaban J connectivity index is 2.23. The third kappa shape index (κ3) is 1.80. The number of hydrogen-bond donors (Lipinski definition) is 0. The molecule has 0 aliphatic rings. The fraction of sp³-hybridized carbons (Fsp3) is 0.182. The Morgan fingerprint density at radius 1 is 1.29 bits per heavy atom. The van der Waals surface area contributed by atoms with Crippen LogP contribution in [0.1, 0.15) is 11.3 Å². The predicted octanol–water partition coefficient (Wildman–Crippen LogP) is 2.89. The Labute approximate surface area is 88.2 Å². The highest BCUT2D eigenvalue weighted by Gasteiger charge is 2.03. The lowest BCUT2D eigenvalue weighted by Crippen LogP contribution is -1.99. The lowest BCUT2D eigenvalue weighted by Gasteiger charge is -2.04. The van der Waals surface area contributed by atoms with Gasteiger partial charge in [-0.2, -0.15) is 0 Å². The van der Waals surface area contributed by atoms with Crippen molar-refractivity contribution in [3.05, 3.63) is 53.1 Å². The molecule has 0 amide bonds. The van der Waals surface area contributed by atoms with E-state index in [1.807, 2.05) is 29.7 Å². The van der Waals surface area contributed by atoms with E-state index in [4.69, 9.17) is 11.6 Å². The van der Waals surface area contributed by atoms with Gasteiger partial charge < -0.3 is 4.57 Å². The molecule has 1 heterocycles. The molecule has 0 aliphatic heterocycles. The van der Waals surface area contributed by atoms with Crippen LogP contribution in [-0.2, 0) is 6.54 Å². The van der Waals surface area contributed by atoms with Gasteiger partial charge in [0.25, 0.3) is 0 Å². The molecule has 0 radical (unpaired) electrons. The smallest absolute Gasteiger partial charge is 0.149 e. The summed E-state index contributed by atoms with van der Waals surface area (Å²) in [5, 5.41) is 0.584. The summed E-state index contributed by atoms with van der Waals surface area (Å²) in [6.07, 6.45) is 1.77. The topological polar surface area (TPSA) is 17.8 Å². The van der Waals surface area contributed by atoms with E-state index in [0.29, 0.717) is 5.15 Å². The number of nitrogens with zero attached hydrogens (tertiary/aromatic N) is 2. The van der Waals surface area contributed by atoms with Crippen molar-refractivity contribution in [2.24, 2.45) is 0 Å². The average Bonchev–Trinajstić information content (AvgIpc) is 2.52. The van der Waals surface area contributed by atoms with Gasteiger partial charge in [-0.05, 0) is 12.5 Å². The van der Waals surface area contributed by atoms with Crippen molar-refractivity contribution in [1.82, 2.24) is 9.55 Å². The Hall–Kier alpha value is -1.28. The van der Waals surface area contributed by atoms with Crippen molar-refractivity contribution >= 4 is 11.6 Å². The maximum atomic E-state index is 5.86. The second kappa shape index (κ2) is 3.84. The molecular weight excluding hydrogens is 196 g/mol. The first kappa shape index (κ1) is 9.28. The number of imidazole rings is 1. The van der Waals surface area contributed by atoms with Gasteiger partial charge in [-0.3, -0.25) is 0 Å². The minimum atomic E-state index is 0.584. The van der Waals surface area contributed by atoms with Crippen molar-refractivity contribution in [2.75, 3.05) is 0 Å². The second-order valence-corrected chi connectivity index (χ2v) is 3.59. The van der Waals surface area contributed by atoms with Crippen LogP contribution >= 0.6 is 11.6 Å². The van der Waals surface area contributed by atoms with Gasteiger partial charge >= 0.3 is 0 Å². The van der Waals surface area contributed by atoms with E-state index in [9.17, 15) is 0 Å². The summed E-state index contributed by atoms with van der Waals surface area (Å²) in [5.74, 6) is 0. The molecule has 3 heteroatoms. The average molecular weight is 207 g/mol. The molecule has 0 fully saturated rings. The Bertz CT molecular complexity index is 420. The van der Waals surface area contributed by atoms with Crippen molar-refractivity contribution < 1.29 is 0 Å². The zero-order valence-electron chi connectivity index (χ0n) is 7.94. The normalized spacial score (nSPS) is 10.4. The molecule has 0 saturated carbocycles. The maximum absolute atomic E-state index is 5.86. The summed E-state index contributed by atoms with van der Waals surface area (Å²) in [4.78, 5) is 4.04. The number of benzene rings is 1. The molecule has 0 spiro atoms. The van der Waals surface area contributed by atoms with Crippen molar-refractivity contribution in [2.45, 2.75) is 13.5 Å². The van der Waals surface area contributed by atoms with Crippen LogP contribution in [0.5, 0.6) is 0 Å². The minimum Gasteiger partial charge on any atom is -0.329 e. The zero-order chi connectivity index (χ0) is 9.97. The highest BCUT2D eigenvalue weighted by molar-refractivity contribution is 6.30. The first-order valence-corrected chi connectivity index (χ1v) is 4.86. The van der Waals surface area contributed by atoms with Gasteiger partial charge in [-0.1, -0.05) is 41.9 Å². The van der Waals surface area contributed by atoms with Gasteiger partial charge in [0.1, 0.15) is 5.15 Å². The molecule has 0 atom stereocenters. The molecule has 14 heavy (non-hydrogen) atoms. The summed E-state index contributed by atoms with van der Waals surface area (Å²) >= 11 is 5.86. The molecule has 0 N–H and O–H groups in total. The van der Waals surface area contributed by atoms with Gasteiger partial charge in [0.2, 0.25) is 0 Å². The maximum Gasteiger partial charge on any atom is 0.149 e. The summed E-state index contributed by atoms with van der Waals surface area (Å²) in [5.41, 5.74) is 2.26. The molecule has 72 valence electrons. The van der Waals surface area contributed by atoms with E-state index in [0.717, 1.165) is 12.2 Å². The van der Waals surface area contributed by atoms with E-state index in [-0.39, 0.29) is 0 Å². The van der Waals surface area contributed by atoms with E-state index in [1.165, 1.54) is 5.56 Å². The molecule has 1 aromatic heterocycles. The van der Waals surface area contributed by atoms with E-state index in [2.05, 4.69) is 17.1 Å². The summed E-state index contributed by atoms with van der Waals surface area (Å²) in [6, 6.07) is 10.3. The highest BCUT2D eigenvalue weighted by atomic mass is 35.5. The lowest BCUT2D eigenvalue weighted by molar-refractivity contribution is 0.770. The monoisotopic (exact) mass is 206 g/mol. The van der Waals surface area contributed by atoms with Crippen LogP contribution < -0.4 is 0 Å². The zero-order valence-corrected chi connectivity index (χ0v) is 8.70. The summed E-state index contributed by atoms with van der Waals surface area (Å²) < 4.78 is 2.04. The summed E-state index contributed by atoms with van der Waals surface area (Å²) in [7, 11) is 0. The molecule has 0 unspecified atom stereocenters. The van der Waals surface area contributed by atoms with Gasteiger partial charge in [0, 0.05) is 6.54 Å². The SMILES string of the molecule is Cc1c(Cl)ncn1Cc1ccccc1. The standard InChI is InChI=1S/C11H11ClN2/c1-9-11(12)13-8-14(9)7-10-5-3-2-4-6-10/h2-6,8H,7H2,1H3. The fourth-order valence-electron chi connectivity index (χ4n) is 1.36. The van der Waals surface area contributed by atoms with Gasteiger partial charge in [-0.15, -0.1) is 0 Å². The third-order valence-electron chi connectivity index (χ3n) is 2.24. The number of aromatic nitrogens is 2. The molecule has 0 saturated heterocycles. The molecule has 0 aliphatic carbocycles. The number of halogens is 1. The van der Waals surface area contributed by atoms with E-state index in [1.54, 1.807) is 6.33 Å². The molecular formula is C11H11ClN2. The van der Waals surface area contributed by atoms with E-state index < -0.39 is 0 Å². The largest absolute Gasteiger partial charge is 0.329 e. The van der Waals surface area contributed by atoms with Crippen molar-refractivity contribution in [1.29, 1.82) is 0 Å². The quantitative estimate of drug-likeness (QED) is 0.739. The third-order valence-corrected chi connectivity index (χ3v) is 2.61. The summed E-state index contributed by atoms with van der Waals surface area (Å²) in [6.45, 7) is 2.80. The Morgan fingerprint density at radius 3 is 2.57 bits per heavy atom. The van der Waals surface area contributed by atoms with Crippen LogP contribution in [-0.4, -0.2) is 9.55 Å². The van der Waals surface area contributed by atoms with Gasteiger partial charge in [0.05, 0.1) is 12.0 Å². The van der Waals surface area contributed by atoms with Gasteiger partial charge in [-0.25, -0.2) is 4.98 Å². The molecule has 2 rings (SSSR count). The number of rotatable bonds is 2. The van der Waals surface area contributed by atoms with Crippen LogP contribution in [0.3, 0.4) is 0 Å². The van der Waals surface area contributed by atoms with Crippen LogP contribution in [0.15, 0.2) is 36.7 Å². The predicted molar refractivity (Wildman–Crippen MR) is 57.5 cm³/mol. The van der Waals surface area contributed by atoms with Crippen LogP contribution in [0.2, 0.25) is 5.15 Å². The number of hydrogen-bond acceptors (Lipinski definition) is 1.